The molecule has 1 aromatic heterocycles. The third kappa shape index (κ3) is 3.25. The summed E-state index contributed by atoms with van der Waals surface area (Å²) in [4.78, 5) is 12.4. The van der Waals surface area contributed by atoms with E-state index >= 15 is 0 Å². The predicted octanol–water partition coefficient (Wildman–Crippen LogP) is 2.03. The fourth-order valence-corrected chi connectivity index (χ4v) is 4.12. The second-order valence-electron chi connectivity index (χ2n) is 5.95. The van der Waals surface area contributed by atoms with Gasteiger partial charge in [-0.15, -0.1) is 0 Å². The first-order valence-electron chi connectivity index (χ1n) is 7.62. The smallest absolute Gasteiger partial charge is 0.239 e. The number of nitrogens with zero attached hydrogens (tertiary/aromatic N) is 1. The number of benzene rings is 1. The van der Waals surface area contributed by atoms with Crippen LogP contribution in [0.2, 0.25) is 0 Å². The lowest BCUT2D eigenvalue weighted by Gasteiger charge is -2.22. The molecule has 3 rings (SSSR count). The average Bonchev–Trinajstić information content (AvgIpc) is 3.13. The highest BCUT2D eigenvalue weighted by Gasteiger charge is 2.37. The van der Waals surface area contributed by atoms with E-state index in [1.807, 2.05) is 37.3 Å². The molecule has 0 bridgehead atoms. The van der Waals surface area contributed by atoms with Gasteiger partial charge < -0.3 is 9.73 Å². The summed E-state index contributed by atoms with van der Waals surface area (Å²) in [7, 11) is -3.37. The van der Waals surface area contributed by atoms with E-state index in [1.165, 1.54) is 4.31 Å². The van der Waals surface area contributed by atoms with Gasteiger partial charge in [-0.3, -0.25) is 4.79 Å². The summed E-state index contributed by atoms with van der Waals surface area (Å²) in [5.41, 5.74) is 0.766. The lowest BCUT2D eigenvalue weighted by atomic mass is 10.2. The predicted molar refractivity (Wildman–Crippen MR) is 87.3 cm³/mol. The van der Waals surface area contributed by atoms with Crippen molar-refractivity contribution in [2.45, 2.75) is 31.8 Å². The van der Waals surface area contributed by atoms with Crippen molar-refractivity contribution in [1.29, 1.82) is 0 Å². The number of para-hydroxylation sites is 1. The third-order valence-electron chi connectivity index (χ3n) is 4.16. The maximum Gasteiger partial charge on any atom is 0.239 e. The van der Waals surface area contributed by atoms with Crippen molar-refractivity contribution in [2.24, 2.45) is 0 Å². The number of rotatable bonds is 4. The van der Waals surface area contributed by atoms with Crippen LogP contribution in [0.3, 0.4) is 0 Å². The number of sulfonamides is 1. The maximum absolute atomic E-state index is 12.4. The Morgan fingerprint density at radius 3 is 2.83 bits per heavy atom. The quantitative estimate of drug-likeness (QED) is 0.926. The maximum atomic E-state index is 12.4. The second kappa shape index (κ2) is 5.98. The molecule has 1 saturated heterocycles. The van der Waals surface area contributed by atoms with Gasteiger partial charge in [0.25, 0.3) is 0 Å². The number of amides is 1. The first-order chi connectivity index (χ1) is 10.9. The molecule has 1 aliphatic heterocycles. The normalized spacial score (nSPS) is 20.7. The Bertz CT molecular complexity index is 794. The Morgan fingerprint density at radius 2 is 2.13 bits per heavy atom. The number of hydrogen-bond donors (Lipinski definition) is 1. The lowest BCUT2D eigenvalue weighted by molar-refractivity contribution is -0.125. The molecule has 7 heteroatoms. The molecule has 0 unspecified atom stereocenters. The second-order valence-corrected chi connectivity index (χ2v) is 7.88. The van der Waals surface area contributed by atoms with E-state index in [9.17, 15) is 13.2 Å². The molecular weight excluding hydrogens is 316 g/mol. The molecule has 1 N–H and O–H groups in total. The van der Waals surface area contributed by atoms with Crippen LogP contribution in [0, 0.1) is 0 Å². The largest absolute Gasteiger partial charge is 0.459 e. The Kier molecular flexibility index (Phi) is 4.16. The molecule has 1 fully saturated rings. The highest BCUT2D eigenvalue weighted by Crippen LogP contribution is 2.25. The van der Waals surface area contributed by atoms with Gasteiger partial charge in [0.15, 0.2) is 0 Å². The summed E-state index contributed by atoms with van der Waals surface area (Å²) in [6, 6.07) is 8.57. The molecule has 0 aliphatic carbocycles. The minimum absolute atomic E-state index is 0.277. The molecule has 0 spiro atoms. The van der Waals surface area contributed by atoms with E-state index in [0.717, 1.165) is 17.2 Å². The minimum Gasteiger partial charge on any atom is -0.459 e. The summed E-state index contributed by atoms with van der Waals surface area (Å²) >= 11 is 0. The van der Waals surface area contributed by atoms with Crippen molar-refractivity contribution in [3.05, 3.63) is 36.1 Å². The zero-order chi connectivity index (χ0) is 16.6. The number of carbonyl (C=O) groups excluding carboxylic acids is 1. The summed E-state index contributed by atoms with van der Waals surface area (Å²) in [6.07, 6.45) is 2.39. The van der Waals surface area contributed by atoms with Crippen LogP contribution in [0.5, 0.6) is 0 Å². The van der Waals surface area contributed by atoms with Crippen LogP contribution in [0.15, 0.2) is 34.7 Å². The summed E-state index contributed by atoms with van der Waals surface area (Å²) < 4.78 is 30.5. The fraction of sp³-hybridized carbons (Fsp3) is 0.438. The molecule has 1 amide bonds. The molecule has 1 aromatic carbocycles. The van der Waals surface area contributed by atoms with E-state index in [0.29, 0.717) is 25.1 Å². The van der Waals surface area contributed by atoms with Gasteiger partial charge in [0, 0.05) is 11.9 Å². The first-order valence-corrected chi connectivity index (χ1v) is 9.47. The SMILES string of the molecule is C[C@@H](NC(=O)[C@@H]1CCCN1S(C)(=O)=O)c1cc2ccccc2o1. The van der Waals surface area contributed by atoms with E-state index in [1.54, 1.807) is 0 Å². The van der Waals surface area contributed by atoms with Crippen LogP contribution in [-0.2, 0) is 14.8 Å². The van der Waals surface area contributed by atoms with Gasteiger partial charge in [-0.1, -0.05) is 18.2 Å². The van der Waals surface area contributed by atoms with Gasteiger partial charge in [0.05, 0.1) is 12.3 Å². The standard InChI is InChI=1S/C16H20N2O4S/c1-11(15-10-12-6-3-4-8-14(12)22-15)17-16(19)13-7-5-9-18(13)23(2,20)21/h3-4,6,8,10-11,13H,5,7,9H2,1-2H3,(H,17,19)/t11-,13+/m1/s1. The van der Waals surface area contributed by atoms with Gasteiger partial charge >= 0.3 is 0 Å². The number of furan rings is 1. The van der Waals surface area contributed by atoms with Crippen LogP contribution in [-0.4, -0.2) is 37.5 Å². The van der Waals surface area contributed by atoms with Crippen LogP contribution in [0.4, 0.5) is 0 Å². The summed E-state index contributed by atoms with van der Waals surface area (Å²) in [5.74, 6) is 0.379. The Labute approximate surface area is 135 Å². The Hall–Kier alpha value is -1.86. The number of fused-ring (bicyclic) bond motifs is 1. The lowest BCUT2D eigenvalue weighted by Crippen LogP contribution is -2.46. The monoisotopic (exact) mass is 336 g/mol. The van der Waals surface area contributed by atoms with E-state index in [2.05, 4.69) is 5.32 Å². The van der Waals surface area contributed by atoms with Crippen molar-refractivity contribution in [2.75, 3.05) is 12.8 Å². The highest BCUT2D eigenvalue weighted by atomic mass is 32.2. The molecule has 23 heavy (non-hydrogen) atoms. The van der Waals surface area contributed by atoms with Crippen LogP contribution in [0.25, 0.3) is 11.0 Å². The minimum atomic E-state index is -3.37. The summed E-state index contributed by atoms with van der Waals surface area (Å²) in [6.45, 7) is 2.23. The van der Waals surface area contributed by atoms with Gasteiger partial charge in [0.1, 0.15) is 17.4 Å². The highest BCUT2D eigenvalue weighted by molar-refractivity contribution is 7.88. The van der Waals surface area contributed by atoms with Gasteiger partial charge in [-0.2, -0.15) is 4.31 Å². The molecular formula is C16H20N2O4S. The number of nitrogens with one attached hydrogen (secondary N) is 1. The van der Waals surface area contributed by atoms with Crippen molar-refractivity contribution in [1.82, 2.24) is 9.62 Å². The Balaban J connectivity index is 1.74. The zero-order valence-corrected chi connectivity index (χ0v) is 14.0. The van der Waals surface area contributed by atoms with Crippen molar-refractivity contribution >= 4 is 26.9 Å². The van der Waals surface area contributed by atoms with E-state index in [4.69, 9.17) is 4.42 Å². The molecule has 0 radical (unpaired) electrons. The van der Waals surface area contributed by atoms with Crippen molar-refractivity contribution < 1.29 is 17.6 Å². The molecule has 0 saturated carbocycles. The summed E-state index contributed by atoms with van der Waals surface area (Å²) in [5, 5.41) is 3.84. The van der Waals surface area contributed by atoms with Crippen molar-refractivity contribution in [3.8, 4) is 0 Å². The van der Waals surface area contributed by atoms with Crippen LogP contribution < -0.4 is 5.32 Å². The first kappa shape index (κ1) is 16.0. The van der Waals surface area contributed by atoms with E-state index in [-0.39, 0.29) is 11.9 Å². The molecule has 2 heterocycles. The van der Waals surface area contributed by atoms with Gasteiger partial charge in [0.2, 0.25) is 15.9 Å². The molecule has 124 valence electrons. The van der Waals surface area contributed by atoms with Gasteiger partial charge in [-0.05, 0) is 31.9 Å². The number of carbonyl (C=O) groups is 1. The van der Waals surface area contributed by atoms with Crippen LogP contribution >= 0.6 is 0 Å². The molecule has 2 atom stereocenters. The fourth-order valence-electron chi connectivity index (χ4n) is 3.00. The number of hydrogen-bond acceptors (Lipinski definition) is 4. The average molecular weight is 336 g/mol. The molecule has 6 nitrogen and oxygen atoms in total. The van der Waals surface area contributed by atoms with Gasteiger partial charge in [-0.25, -0.2) is 8.42 Å². The zero-order valence-electron chi connectivity index (χ0n) is 13.2. The molecule has 1 aliphatic rings. The molecule has 2 aromatic rings. The van der Waals surface area contributed by atoms with Crippen molar-refractivity contribution in [3.63, 3.8) is 0 Å². The van der Waals surface area contributed by atoms with E-state index < -0.39 is 16.1 Å². The third-order valence-corrected chi connectivity index (χ3v) is 5.45. The Morgan fingerprint density at radius 1 is 1.39 bits per heavy atom. The topological polar surface area (TPSA) is 79.6 Å². The van der Waals surface area contributed by atoms with Crippen LogP contribution in [0.1, 0.15) is 31.6 Å².